The molecule has 4 heteroatoms. The fourth-order valence-electron chi connectivity index (χ4n) is 2.11. The van der Waals surface area contributed by atoms with Crippen LogP contribution in [0, 0.1) is 6.92 Å². The smallest absolute Gasteiger partial charge is 0.363 e. The maximum Gasteiger partial charge on any atom is 0.363 e. The van der Waals surface area contributed by atoms with Crippen molar-refractivity contribution in [3.05, 3.63) is 87.5 Å². The Labute approximate surface area is 143 Å². The highest BCUT2D eigenvalue weighted by atomic mass is 79.9. The number of cyclic esters (lactones) is 1. The zero-order valence-corrected chi connectivity index (χ0v) is 14.1. The molecule has 0 unspecified atom stereocenters. The van der Waals surface area contributed by atoms with E-state index in [9.17, 15) is 4.79 Å². The topological polar surface area (TPSA) is 38.7 Å². The Morgan fingerprint density at radius 1 is 1.09 bits per heavy atom. The van der Waals surface area contributed by atoms with E-state index in [-0.39, 0.29) is 5.70 Å². The quantitative estimate of drug-likeness (QED) is 0.586. The summed E-state index contributed by atoms with van der Waals surface area (Å²) in [5.74, 6) is -0.111. The van der Waals surface area contributed by atoms with Gasteiger partial charge in [-0.15, -0.1) is 0 Å². The number of ether oxygens (including phenoxy) is 1. The van der Waals surface area contributed by atoms with Crippen molar-refractivity contribution in [2.45, 2.75) is 6.92 Å². The van der Waals surface area contributed by atoms with Crippen molar-refractivity contribution in [3.8, 4) is 0 Å². The number of nitrogens with zero attached hydrogens (tertiary/aromatic N) is 1. The molecular formula is C19H14BrNO2. The van der Waals surface area contributed by atoms with Crippen LogP contribution in [0.1, 0.15) is 16.7 Å². The number of allylic oxidation sites excluding steroid dienone is 2. The summed E-state index contributed by atoms with van der Waals surface area (Å²) in [6.45, 7) is 2.00. The number of benzene rings is 2. The van der Waals surface area contributed by atoms with Gasteiger partial charge >= 0.3 is 5.97 Å². The average Bonchev–Trinajstić information content (AvgIpc) is 2.90. The Bertz CT molecular complexity index is 818. The number of aryl methyl sites for hydroxylation is 1. The molecule has 1 aliphatic rings. The van der Waals surface area contributed by atoms with Crippen molar-refractivity contribution >= 4 is 33.9 Å². The molecule has 0 aliphatic carbocycles. The maximum atomic E-state index is 12.0. The summed E-state index contributed by atoms with van der Waals surface area (Å²) >= 11 is 3.45. The first kappa shape index (κ1) is 15.4. The zero-order valence-electron chi connectivity index (χ0n) is 12.5. The lowest BCUT2D eigenvalue weighted by Crippen LogP contribution is -2.05. The van der Waals surface area contributed by atoms with Gasteiger partial charge in [0.05, 0.1) is 0 Å². The first-order chi connectivity index (χ1) is 11.1. The van der Waals surface area contributed by atoms with Crippen molar-refractivity contribution in [3.63, 3.8) is 0 Å². The fraction of sp³-hybridized carbons (Fsp3) is 0.0526. The summed E-state index contributed by atoms with van der Waals surface area (Å²) in [6, 6.07) is 17.5. The molecule has 0 atom stereocenters. The maximum absolute atomic E-state index is 12.0. The predicted molar refractivity (Wildman–Crippen MR) is 95.2 cm³/mol. The monoisotopic (exact) mass is 367 g/mol. The predicted octanol–water partition coefficient (Wildman–Crippen LogP) is 4.62. The third-order valence-corrected chi connectivity index (χ3v) is 3.76. The van der Waals surface area contributed by atoms with Crippen LogP contribution in [-0.4, -0.2) is 11.9 Å². The van der Waals surface area contributed by atoms with Crippen molar-refractivity contribution in [1.29, 1.82) is 0 Å². The Morgan fingerprint density at radius 2 is 1.78 bits per heavy atom. The number of rotatable bonds is 3. The molecule has 0 saturated heterocycles. The normalized spacial score (nSPS) is 16.4. The second-order valence-electron chi connectivity index (χ2n) is 5.14. The molecule has 3 nitrogen and oxygen atoms in total. The largest absolute Gasteiger partial charge is 0.402 e. The van der Waals surface area contributed by atoms with E-state index in [1.54, 1.807) is 6.08 Å². The van der Waals surface area contributed by atoms with Gasteiger partial charge in [0, 0.05) is 10.0 Å². The lowest BCUT2D eigenvalue weighted by molar-refractivity contribution is -0.130. The van der Waals surface area contributed by atoms with Gasteiger partial charge in [0.1, 0.15) is 0 Å². The molecule has 0 spiro atoms. The minimum Gasteiger partial charge on any atom is -0.402 e. The number of hydrogen-bond acceptors (Lipinski definition) is 3. The lowest BCUT2D eigenvalue weighted by atomic mass is 10.1. The molecule has 0 bridgehead atoms. The standard InChI is InChI=1S/C19H14BrNO2/c1-13-7-9-15(10-8-13)18-21-17(19(22)23-18)12-16(20)11-14-5-3-2-4-6-14/h2-12H,1H3/b16-11-,17-12-. The Hall–Kier alpha value is -2.46. The van der Waals surface area contributed by atoms with Crippen LogP contribution in [0.4, 0.5) is 0 Å². The van der Waals surface area contributed by atoms with E-state index >= 15 is 0 Å². The summed E-state index contributed by atoms with van der Waals surface area (Å²) in [5.41, 5.74) is 3.24. The summed E-state index contributed by atoms with van der Waals surface area (Å²) in [6.07, 6.45) is 3.58. The molecule has 1 heterocycles. The molecule has 0 amide bonds. The number of aliphatic imine (C=N–C) groups is 1. The third-order valence-electron chi connectivity index (χ3n) is 3.30. The van der Waals surface area contributed by atoms with E-state index in [4.69, 9.17) is 4.74 Å². The van der Waals surface area contributed by atoms with Crippen LogP contribution in [0.15, 0.2) is 75.8 Å². The van der Waals surface area contributed by atoms with Gasteiger partial charge in [-0.3, -0.25) is 0 Å². The Morgan fingerprint density at radius 3 is 2.48 bits per heavy atom. The van der Waals surface area contributed by atoms with Crippen LogP contribution in [0.2, 0.25) is 0 Å². The van der Waals surface area contributed by atoms with Crippen LogP contribution >= 0.6 is 15.9 Å². The lowest BCUT2D eigenvalue weighted by Gasteiger charge is -1.99. The van der Waals surface area contributed by atoms with E-state index < -0.39 is 5.97 Å². The number of carbonyl (C=O) groups is 1. The Kier molecular flexibility index (Phi) is 4.53. The SMILES string of the molecule is Cc1ccc(C2=N/C(=C\C(Br)=C\c3ccccc3)C(=O)O2)cc1. The molecule has 23 heavy (non-hydrogen) atoms. The van der Waals surface area contributed by atoms with Crippen molar-refractivity contribution < 1.29 is 9.53 Å². The van der Waals surface area contributed by atoms with E-state index in [0.29, 0.717) is 5.90 Å². The fourth-order valence-corrected chi connectivity index (χ4v) is 2.59. The van der Waals surface area contributed by atoms with Crippen LogP contribution < -0.4 is 0 Å². The van der Waals surface area contributed by atoms with Crippen LogP contribution in [-0.2, 0) is 9.53 Å². The first-order valence-electron chi connectivity index (χ1n) is 7.14. The number of esters is 1. The highest BCUT2D eigenvalue weighted by molar-refractivity contribution is 9.12. The average molecular weight is 368 g/mol. The van der Waals surface area contributed by atoms with Gasteiger partial charge in [0.2, 0.25) is 5.90 Å². The molecule has 2 aromatic rings. The summed E-state index contributed by atoms with van der Waals surface area (Å²) in [7, 11) is 0. The van der Waals surface area contributed by atoms with Gasteiger partial charge in [-0.05, 0) is 36.8 Å². The zero-order chi connectivity index (χ0) is 16.2. The molecular weight excluding hydrogens is 354 g/mol. The molecule has 114 valence electrons. The molecule has 0 fully saturated rings. The molecule has 2 aromatic carbocycles. The number of carbonyl (C=O) groups excluding carboxylic acids is 1. The molecule has 0 N–H and O–H groups in total. The minimum absolute atomic E-state index is 0.277. The van der Waals surface area contributed by atoms with Crippen LogP contribution in [0.5, 0.6) is 0 Å². The van der Waals surface area contributed by atoms with Crippen LogP contribution in [0.25, 0.3) is 6.08 Å². The van der Waals surface area contributed by atoms with E-state index in [1.807, 2.05) is 67.6 Å². The van der Waals surface area contributed by atoms with Gasteiger partial charge in [0.15, 0.2) is 5.70 Å². The van der Waals surface area contributed by atoms with Crippen molar-refractivity contribution in [1.82, 2.24) is 0 Å². The summed E-state index contributed by atoms with van der Waals surface area (Å²) < 4.78 is 6.00. The van der Waals surface area contributed by atoms with Crippen molar-refractivity contribution in [2.75, 3.05) is 0 Å². The van der Waals surface area contributed by atoms with Gasteiger partial charge in [-0.1, -0.05) is 64.0 Å². The second kappa shape index (κ2) is 6.75. The van der Waals surface area contributed by atoms with Gasteiger partial charge < -0.3 is 4.74 Å². The second-order valence-corrected chi connectivity index (χ2v) is 6.06. The van der Waals surface area contributed by atoms with Gasteiger partial charge in [-0.25, -0.2) is 9.79 Å². The number of hydrogen-bond donors (Lipinski definition) is 0. The van der Waals surface area contributed by atoms with Gasteiger partial charge in [0.25, 0.3) is 0 Å². The highest BCUT2D eigenvalue weighted by Crippen LogP contribution is 2.21. The van der Waals surface area contributed by atoms with Crippen LogP contribution in [0.3, 0.4) is 0 Å². The molecule has 0 radical (unpaired) electrons. The summed E-state index contributed by atoms with van der Waals surface area (Å²) in [5, 5.41) is 0. The third kappa shape index (κ3) is 3.85. The Balaban J connectivity index is 1.86. The molecule has 1 aliphatic heterocycles. The van der Waals surface area contributed by atoms with E-state index in [1.165, 1.54) is 0 Å². The highest BCUT2D eigenvalue weighted by Gasteiger charge is 2.24. The summed E-state index contributed by atoms with van der Waals surface area (Å²) in [4.78, 5) is 16.2. The van der Waals surface area contributed by atoms with Gasteiger partial charge in [-0.2, -0.15) is 0 Å². The van der Waals surface area contributed by atoms with E-state index in [2.05, 4.69) is 20.9 Å². The molecule has 0 aromatic heterocycles. The first-order valence-corrected chi connectivity index (χ1v) is 7.93. The van der Waals surface area contributed by atoms with Crippen molar-refractivity contribution in [2.24, 2.45) is 4.99 Å². The molecule has 3 rings (SSSR count). The molecule has 0 saturated carbocycles. The minimum atomic E-state index is -0.445. The van der Waals surface area contributed by atoms with E-state index in [0.717, 1.165) is 21.2 Å². The number of halogens is 1.